The number of hydrogen-bond acceptors (Lipinski definition) is 9. The first-order valence-corrected chi connectivity index (χ1v) is 11.5. The summed E-state index contributed by atoms with van der Waals surface area (Å²) in [5, 5.41) is 25.0. The molecule has 1 aliphatic carbocycles. The molecule has 2 amide bonds. The number of carbonyl (C=O) groups excluding carboxylic acids is 2. The number of ether oxygens (including phenoxy) is 1. The summed E-state index contributed by atoms with van der Waals surface area (Å²) in [6, 6.07) is 6.03. The third-order valence-electron chi connectivity index (χ3n) is 4.74. The summed E-state index contributed by atoms with van der Waals surface area (Å²) in [6.45, 7) is 1.76. The summed E-state index contributed by atoms with van der Waals surface area (Å²) in [5.74, 6) is 0.429. The van der Waals surface area contributed by atoms with E-state index in [2.05, 4.69) is 26.9 Å². The molecule has 0 radical (unpaired) electrons. The summed E-state index contributed by atoms with van der Waals surface area (Å²) in [7, 11) is 0. The standard InChI is InChI=1S/C21H19N5O4S2/c1-12-25-26-19(29-12)11-23-21(28)30-13-4-6-15-16(10-22)20(32-17(15)9-13)24-18(27)7-5-14-3-2-8-31-14/h2-3,5,7-8,13H,4,6,9,11H2,1H3,(H,23,28)(H,24,27)/b7-5+. The molecule has 9 nitrogen and oxygen atoms in total. The minimum absolute atomic E-state index is 0.0877. The summed E-state index contributed by atoms with van der Waals surface area (Å²) in [6.07, 6.45) is 3.97. The van der Waals surface area contributed by atoms with Gasteiger partial charge in [0.1, 0.15) is 17.2 Å². The number of hydrogen-bond donors (Lipinski definition) is 2. The molecule has 1 unspecified atom stereocenters. The number of nitriles is 1. The molecule has 3 aromatic heterocycles. The van der Waals surface area contributed by atoms with Gasteiger partial charge in [0.2, 0.25) is 17.7 Å². The van der Waals surface area contributed by atoms with Crippen molar-refractivity contribution in [3.05, 3.63) is 56.3 Å². The predicted molar refractivity (Wildman–Crippen MR) is 119 cm³/mol. The van der Waals surface area contributed by atoms with Crippen molar-refractivity contribution < 1.29 is 18.7 Å². The monoisotopic (exact) mass is 469 g/mol. The van der Waals surface area contributed by atoms with Crippen LogP contribution < -0.4 is 10.6 Å². The zero-order valence-corrected chi connectivity index (χ0v) is 18.7. The van der Waals surface area contributed by atoms with Gasteiger partial charge in [-0.3, -0.25) is 4.79 Å². The van der Waals surface area contributed by atoms with Gasteiger partial charge in [0.05, 0.1) is 12.1 Å². The summed E-state index contributed by atoms with van der Waals surface area (Å²) < 4.78 is 10.7. The third-order valence-corrected chi connectivity index (χ3v) is 6.74. The molecule has 1 aliphatic rings. The quantitative estimate of drug-likeness (QED) is 0.525. The topological polar surface area (TPSA) is 130 Å². The van der Waals surface area contributed by atoms with E-state index in [0.29, 0.717) is 41.6 Å². The van der Waals surface area contributed by atoms with Crippen LogP contribution in [0.5, 0.6) is 0 Å². The number of anilines is 1. The first-order valence-electron chi connectivity index (χ1n) is 9.82. The molecule has 0 bridgehead atoms. The van der Waals surface area contributed by atoms with Gasteiger partial charge in [-0.2, -0.15) is 5.26 Å². The summed E-state index contributed by atoms with van der Waals surface area (Å²) >= 11 is 2.89. The smallest absolute Gasteiger partial charge is 0.407 e. The van der Waals surface area contributed by atoms with Crippen LogP contribution in [0.2, 0.25) is 0 Å². The van der Waals surface area contributed by atoms with Gasteiger partial charge >= 0.3 is 6.09 Å². The molecule has 2 N–H and O–H groups in total. The molecule has 0 aromatic carbocycles. The van der Waals surface area contributed by atoms with Crippen LogP contribution >= 0.6 is 22.7 Å². The fourth-order valence-corrected chi connectivity index (χ4v) is 5.19. The molecule has 0 aliphatic heterocycles. The van der Waals surface area contributed by atoms with Crippen LogP contribution in [0.15, 0.2) is 28.0 Å². The number of amides is 2. The molecule has 11 heteroatoms. The van der Waals surface area contributed by atoms with Gasteiger partial charge < -0.3 is 19.8 Å². The molecule has 3 aromatic rings. The number of fused-ring (bicyclic) bond motifs is 1. The molecule has 32 heavy (non-hydrogen) atoms. The molecule has 1 atom stereocenters. The molecule has 3 heterocycles. The second-order valence-electron chi connectivity index (χ2n) is 7.00. The first kappa shape index (κ1) is 21.7. The van der Waals surface area contributed by atoms with Crippen molar-refractivity contribution in [2.45, 2.75) is 38.8 Å². The molecule has 0 saturated carbocycles. The average molecular weight is 470 g/mol. The fourth-order valence-electron chi connectivity index (χ4n) is 3.31. The van der Waals surface area contributed by atoms with Crippen LogP contribution in [-0.2, 0) is 28.9 Å². The van der Waals surface area contributed by atoms with Gasteiger partial charge in [-0.05, 0) is 35.9 Å². The minimum atomic E-state index is -0.571. The Kier molecular flexibility index (Phi) is 6.63. The van der Waals surface area contributed by atoms with Crippen LogP contribution in [0.3, 0.4) is 0 Å². The summed E-state index contributed by atoms with van der Waals surface area (Å²) in [5.41, 5.74) is 1.40. The van der Waals surface area contributed by atoms with Gasteiger partial charge in [-0.15, -0.1) is 32.9 Å². The molecule has 4 rings (SSSR count). The zero-order chi connectivity index (χ0) is 22.5. The lowest BCUT2D eigenvalue weighted by Gasteiger charge is -2.22. The highest BCUT2D eigenvalue weighted by Crippen LogP contribution is 2.38. The Morgan fingerprint density at radius 1 is 1.44 bits per heavy atom. The number of aryl methyl sites for hydroxylation is 1. The maximum atomic E-state index is 12.3. The molecular weight excluding hydrogens is 450 g/mol. The van der Waals surface area contributed by atoms with Gasteiger partial charge in [0, 0.05) is 29.2 Å². The van der Waals surface area contributed by atoms with Crippen LogP contribution in [0.25, 0.3) is 6.08 Å². The van der Waals surface area contributed by atoms with Crippen molar-refractivity contribution in [1.29, 1.82) is 5.26 Å². The van der Waals surface area contributed by atoms with Crippen molar-refractivity contribution in [3.8, 4) is 6.07 Å². The van der Waals surface area contributed by atoms with Crippen LogP contribution in [0, 0.1) is 18.3 Å². The van der Waals surface area contributed by atoms with Crippen molar-refractivity contribution in [3.63, 3.8) is 0 Å². The van der Waals surface area contributed by atoms with Crippen molar-refractivity contribution in [2.24, 2.45) is 0 Å². The third kappa shape index (κ3) is 5.22. The van der Waals surface area contributed by atoms with Crippen molar-refractivity contribution in [2.75, 3.05) is 5.32 Å². The average Bonchev–Trinajstić information content (AvgIpc) is 3.50. The van der Waals surface area contributed by atoms with Crippen LogP contribution in [-0.4, -0.2) is 28.3 Å². The number of carbonyl (C=O) groups is 2. The molecule has 0 spiro atoms. The second kappa shape index (κ2) is 9.76. The van der Waals surface area contributed by atoms with Crippen LogP contribution in [0.1, 0.15) is 39.1 Å². The largest absolute Gasteiger partial charge is 0.446 e. The van der Waals surface area contributed by atoms with E-state index in [1.165, 1.54) is 28.7 Å². The number of nitrogens with zero attached hydrogens (tertiary/aromatic N) is 3. The van der Waals surface area contributed by atoms with E-state index in [0.717, 1.165) is 15.3 Å². The lowest BCUT2D eigenvalue weighted by molar-refractivity contribution is -0.111. The van der Waals surface area contributed by atoms with Gasteiger partial charge in [-0.25, -0.2) is 4.79 Å². The summed E-state index contributed by atoms with van der Waals surface area (Å²) in [4.78, 5) is 26.3. The van der Waals surface area contributed by atoms with Crippen molar-refractivity contribution >= 4 is 45.8 Å². The Morgan fingerprint density at radius 3 is 3.03 bits per heavy atom. The molecular formula is C21H19N5O4S2. The van der Waals surface area contributed by atoms with E-state index in [1.54, 1.807) is 13.0 Å². The van der Waals surface area contributed by atoms with E-state index >= 15 is 0 Å². The molecule has 164 valence electrons. The lowest BCUT2D eigenvalue weighted by atomic mass is 9.94. The minimum Gasteiger partial charge on any atom is -0.446 e. The van der Waals surface area contributed by atoms with E-state index in [1.807, 2.05) is 17.5 Å². The molecule has 0 fully saturated rings. The fraction of sp³-hybridized carbons (Fsp3) is 0.286. The van der Waals surface area contributed by atoms with E-state index in [4.69, 9.17) is 9.15 Å². The number of aromatic nitrogens is 2. The molecule has 0 saturated heterocycles. The maximum absolute atomic E-state index is 12.3. The Morgan fingerprint density at radius 2 is 2.31 bits per heavy atom. The van der Waals surface area contributed by atoms with E-state index < -0.39 is 6.09 Å². The van der Waals surface area contributed by atoms with Crippen LogP contribution in [0.4, 0.5) is 9.80 Å². The van der Waals surface area contributed by atoms with Gasteiger partial charge in [0.25, 0.3) is 0 Å². The second-order valence-corrected chi connectivity index (χ2v) is 9.08. The Bertz CT molecular complexity index is 1190. The first-order chi connectivity index (χ1) is 15.5. The zero-order valence-electron chi connectivity index (χ0n) is 17.1. The Hall–Kier alpha value is -3.49. The normalized spacial score (nSPS) is 15.2. The van der Waals surface area contributed by atoms with Gasteiger partial charge in [-0.1, -0.05) is 6.07 Å². The SMILES string of the molecule is Cc1nnc(CNC(=O)OC2CCc3c(sc(NC(=O)/C=C/c4cccs4)c3C#N)C2)o1. The number of thiophene rings is 2. The highest BCUT2D eigenvalue weighted by Gasteiger charge is 2.28. The predicted octanol–water partition coefficient (Wildman–Crippen LogP) is 3.81. The Balaban J connectivity index is 1.35. The number of alkyl carbamates (subject to hydrolysis) is 1. The lowest BCUT2D eigenvalue weighted by Crippen LogP contribution is -2.31. The Labute approximate surface area is 191 Å². The van der Waals surface area contributed by atoms with Crippen molar-refractivity contribution in [1.82, 2.24) is 15.5 Å². The number of nitrogens with one attached hydrogen (secondary N) is 2. The van der Waals surface area contributed by atoms with Gasteiger partial charge in [0.15, 0.2) is 0 Å². The highest BCUT2D eigenvalue weighted by molar-refractivity contribution is 7.16. The highest BCUT2D eigenvalue weighted by atomic mass is 32.1. The van der Waals surface area contributed by atoms with E-state index in [9.17, 15) is 14.9 Å². The maximum Gasteiger partial charge on any atom is 0.407 e. The van der Waals surface area contributed by atoms with E-state index in [-0.39, 0.29) is 18.6 Å². The number of rotatable bonds is 6.